The molecule has 4 atom stereocenters. The van der Waals surface area contributed by atoms with E-state index < -0.39 is 40.2 Å². The molecule has 1 aliphatic rings. The molecule has 7 nitrogen and oxygen atoms in total. The molecule has 0 spiro atoms. The van der Waals surface area contributed by atoms with Gasteiger partial charge in [0.05, 0.1) is 19.8 Å². The first-order chi connectivity index (χ1) is 14.7. The Morgan fingerprint density at radius 1 is 0.903 bits per heavy atom. The Hall–Kier alpha value is -2.02. The van der Waals surface area contributed by atoms with Crippen LogP contribution in [0.5, 0.6) is 0 Å². The molecule has 1 aliphatic heterocycles. The van der Waals surface area contributed by atoms with Gasteiger partial charge in [0, 0.05) is 0 Å². The number of hydrogen-bond donors (Lipinski definition) is 1. The van der Waals surface area contributed by atoms with E-state index in [0.717, 1.165) is 5.56 Å². The van der Waals surface area contributed by atoms with Gasteiger partial charge in [-0.25, -0.2) is 0 Å². The van der Waals surface area contributed by atoms with E-state index in [1.165, 1.54) is 0 Å². The fraction of sp³-hybridized carbons (Fsp3) is 0.400. The minimum atomic E-state index is -5.98. The van der Waals surface area contributed by atoms with Crippen LogP contribution in [0.1, 0.15) is 11.1 Å². The third kappa shape index (κ3) is 6.25. The molecule has 0 saturated carbocycles. The third-order valence-electron chi connectivity index (χ3n) is 4.49. The molecular weight excluding hydrogens is 441 g/mol. The standard InChI is InChI=1S/C20H21F3O7S/c21-20(22,23)31(25,26)30-18-17(28-12-15-9-5-2-6-10-15)16(29-19(18)24)13-27-11-14-7-3-1-4-8-14/h1-10,16-19,24H,11-13H2/t16-,17-,18+,19?/m0/s1. The lowest BCUT2D eigenvalue weighted by Crippen LogP contribution is -2.42. The normalized spacial score (nSPS) is 24.4. The van der Waals surface area contributed by atoms with Gasteiger partial charge in [-0.1, -0.05) is 60.7 Å². The van der Waals surface area contributed by atoms with Gasteiger partial charge >= 0.3 is 15.6 Å². The van der Waals surface area contributed by atoms with Crippen LogP contribution < -0.4 is 0 Å². The highest BCUT2D eigenvalue weighted by Gasteiger charge is 2.54. The highest BCUT2D eigenvalue weighted by atomic mass is 32.2. The zero-order valence-corrected chi connectivity index (χ0v) is 17.0. The smallest absolute Gasteiger partial charge is 0.374 e. The summed E-state index contributed by atoms with van der Waals surface area (Å²) in [7, 11) is -5.98. The molecule has 1 unspecified atom stereocenters. The molecule has 0 radical (unpaired) electrons. The summed E-state index contributed by atoms with van der Waals surface area (Å²) < 4.78 is 81.9. The second-order valence-electron chi connectivity index (χ2n) is 6.79. The number of hydrogen-bond acceptors (Lipinski definition) is 7. The maximum Gasteiger partial charge on any atom is 0.523 e. The van der Waals surface area contributed by atoms with E-state index in [0.29, 0.717) is 5.56 Å². The van der Waals surface area contributed by atoms with Crippen molar-refractivity contribution < 1.29 is 45.1 Å². The maximum absolute atomic E-state index is 12.8. The molecule has 2 aromatic carbocycles. The first kappa shape index (κ1) is 23.6. The molecule has 1 saturated heterocycles. The summed E-state index contributed by atoms with van der Waals surface area (Å²) in [4.78, 5) is 0. The molecule has 1 N–H and O–H groups in total. The topological polar surface area (TPSA) is 91.3 Å². The van der Waals surface area contributed by atoms with Crippen molar-refractivity contribution >= 4 is 10.1 Å². The molecule has 2 aromatic rings. The highest BCUT2D eigenvalue weighted by molar-refractivity contribution is 7.87. The number of aliphatic hydroxyl groups is 1. The lowest BCUT2D eigenvalue weighted by Gasteiger charge is -2.23. The fourth-order valence-electron chi connectivity index (χ4n) is 2.98. The molecule has 0 amide bonds. The van der Waals surface area contributed by atoms with Crippen LogP contribution in [0.15, 0.2) is 60.7 Å². The minimum Gasteiger partial charge on any atom is -0.374 e. The monoisotopic (exact) mass is 462 g/mol. The van der Waals surface area contributed by atoms with Crippen LogP contribution in [0.2, 0.25) is 0 Å². The number of halogens is 3. The molecule has 0 aromatic heterocycles. The summed E-state index contributed by atoms with van der Waals surface area (Å²) in [5, 5.41) is 10.1. The highest BCUT2D eigenvalue weighted by Crippen LogP contribution is 2.33. The van der Waals surface area contributed by atoms with Crippen LogP contribution in [-0.2, 0) is 41.7 Å². The van der Waals surface area contributed by atoms with Crippen molar-refractivity contribution in [1.29, 1.82) is 0 Å². The SMILES string of the molecule is O=S(=O)(O[C@H]1C(O)O[C@@H](COCc2ccccc2)[C@@H]1OCc1ccccc1)C(F)(F)F. The summed E-state index contributed by atoms with van der Waals surface area (Å²) in [5.74, 6) is 0. The molecule has 1 heterocycles. The van der Waals surface area contributed by atoms with Crippen LogP contribution in [-0.4, -0.2) is 50.2 Å². The quantitative estimate of drug-likeness (QED) is 0.453. The number of aliphatic hydroxyl groups excluding tert-OH is 1. The predicted octanol–water partition coefficient (Wildman–Crippen LogP) is 2.74. The van der Waals surface area contributed by atoms with Gasteiger partial charge in [-0.15, -0.1) is 0 Å². The Bertz CT molecular complexity index is 923. The molecule has 3 rings (SSSR count). The van der Waals surface area contributed by atoms with Crippen molar-refractivity contribution in [2.45, 2.75) is 43.3 Å². The van der Waals surface area contributed by atoms with E-state index in [9.17, 15) is 26.7 Å². The van der Waals surface area contributed by atoms with E-state index >= 15 is 0 Å². The van der Waals surface area contributed by atoms with E-state index in [1.54, 1.807) is 30.3 Å². The van der Waals surface area contributed by atoms with Gasteiger partial charge in [0.15, 0.2) is 12.4 Å². The van der Waals surface area contributed by atoms with Gasteiger partial charge in [-0.05, 0) is 11.1 Å². The first-order valence-electron chi connectivity index (χ1n) is 9.27. The number of benzene rings is 2. The largest absolute Gasteiger partial charge is 0.523 e. The summed E-state index contributed by atoms with van der Waals surface area (Å²) >= 11 is 0. The van der Waals surface area contributed by atoms with Crippen LogP contribution in [0.3, 0.4) is 0 Å². The fourth-order valence-corrected chi connectivity index (χ4v) is 3.59. The van der Waals surface area contributed by atoms with Crippen molar-refractivity contribution in [1.82, 2.24) is 0 Å². The first-order valence-corrected chi connectivity index (χ1v) is 10.7. The van der Waals surface area contributed by atoms with E-state index in [-0.39, 0.29) is 19.8 Å². The van der Waals surface area contributed by atoms with E-state index in [4.69, 9.17) is 14.2 Å². The van der Waals surface area contributed by atoms with Crippen LogP contribution in [0.4, 0.5) is 13.2 Å². The predicted molar refractivity (Wildman–Crippen MR) is 102 cm³/mol. The lowest BCUT2D eigenvalue weighted by molar-refractivity contribution is -0.136. The molecule has 11 heteroatoms. The van der Waals surface area contributed by atoms with Gasteiger partial charge in [0.1, 0.15) is 12.2 Å². The summed E-state index contributed by atoms with van der Waals surface area (Å²) in [6.07, 6.45) is -6.26. The second-order valence-corrected chi connectivity index (χ2v) is 8.35. The van der Waals surface area contributed by atoms with Crippen molar-refractivity contribution in [3.8, 4) is 0 Å². The van der Waals surface area contributed by atoms with Gasteiger partial charge in [0.2, 0.25) is 0 Å². The molecule has 1 fully saturated rings. The van der Waals surface area contributed by atoms with E-state index in [2.05, 4.69) is 4.18 Å². The summed E-state index contributed by atoms with van der Waals surface area (Å²) in [6, 6.07) is 17.8. The summed E-state index contributed by atoms with van der Waals surface area (Å²) in [5.41, 5.74) is -4.13. The Morgan fingerprint density at radius 2 is 1.45 bits per heavy atom. The summed E-state index contributed by atoms with van der Waals surface area (Å²) in [6.45, 7) is -0.0609. The zero-order valence-electron chi connectivity index (χ0n) is 16.1. The van der Waals surface area contributed by atoms with Crippen LogP contribution >= 0.6 is 0 Å². The van der Waals surface area contributed by atoms with Crippen molar-refractivity contribution in [2.75, 3.05) is 6.61 Å². The molecule has 0 aliphatic carbocycles. The van der Waals surface area contributed by atoms with Gasteiger partial charge in [-0.3, -0.25) is 4.18 Å². The second kappa shape index (κ2) is 10.1. The van der Waals surface area contributed by atoms with Gasteiger partial charge in [-0.2, -0.15) is 21.6 Å². The molecule has 31 heavy (non-hydrogen) atoms. The third-order valence-corrected chi connectivity index (χ3v) is 5.53. The molecular formula is C20H21F3O7S. The van der Waals surface area contributed by atoms with E-state index in [1.807, 2.05) is 30.3 Å². The zero-order chi connectivity index (χ0) is 22.5. The van der Waals surface area contributed by atoms with Gasteiger partial charge in [0.25, 0.3) is 0 Å². The van der Waals surface area contributed by atoms with Crippen molar-refractivity contribution in [3.63, 3.8) is 0 Å². The lowest BCUT2D eigenvalue weighted by atomic mass is 10.1. The Balaban J connectivity index is 1.71. The number of alkyl halides is 3. The molecule has 0 bridgehead atoms. The average molecular weight is 462 g/mol. The number of ether oxygens (including phenoxy) is 3. The number of rotatable bonds is 9. The van der Waals surface area contributed by atoms with Crippen LogP contribution in [0.25, 0.3) is 0 Å². The minimum absolute atomic E-state index is 0.0668. The Kier molecular flexibility index (Phi) is 7.68. The Morgan fingerprint density at radius 3 is 2.00 bits per heavy atom. The van der Waals surface area contributed by atoms with Crippen molar-refractivity contribution in [2.24, 2.45) is 0 Å². The maximum atomic E-state index is 12.8. The van der Waals surface area contributed by atoms with Crippen LogP contribution in [0, 0.1) is 0 Å². The molecule has 170 valence electrons. The Labute approximate surface area is 177 Å². The van der Waals surface area contributed by atoms with Gasteiger partial charge < -0.3 is 19.3 Å². The van der Waals surface area contributed by atoms with Crippen molar-refractivity contribution in [3.05, 3.63) is 71.8 Å². The average Bonchev–Trinajstić information content (AvgIpc) is 3.01.